The Kier molecular flexibility index (Phi) is 3.26. The van der Waals surface area contributed by atoms with Crippen LogP contribution in [0.3, 0.4) is 0 Å². The lowest BCUT2D eigenvalue weighted by atomic mass is 10.2. The average Bonchev–Trinajstić information content (AvgIpc) is 2.14. The summed E-state index contributed by atoms with van der Waals surface area (Å²) >= 11 is 4.63. The van der Waals surface area contributed by atoms with Gasteiger partial charge in [-0.05, 0) is 35.9 Å². The van der Waals surface area contributed by atoms with E-state index in [2.05, 4.69) is 16.3 Å². The van der Waals surface area contributed by atoms with Gasteiger partial charge in [0.1, 0.15) is 5.75 Å². The van der Waals surface area contributed by atoms with Crippen molar-refractivity contribution in [1.82, 2.24) is 0 Å². The molecule has 0 aromatic heterocycles. The van der Waals surface area contributed by atoms with Crippen LogP contribution in [-0.4, -0.2) is 12.0 Å². The van der Waals surface area contributed by atoms with Gasteiger partial charge >= 0.3 is 5.38 Å². The Morgan fingerprint density at radius 2 is 1.93 bits per heavy atom. The smallest absolute Gasteiger partial charge is 0.355 e. The molecule has 0 spiro atoms. The van der Waals surface area contributed by atoms with E-state index in [4.69, 9.17) is 5.26 Å². The summed E-state index contributed by atoms with van der Waals surface area (Å²) in [7, 11) is 0. The molecule has 14 heavy (non-hydrogen) atoms. The summed E-state index contributed by atoms with van der Waals surface area (Å²) in [6, 6.07) is 7.71. The third-order valence-electron chi connectivity index (χ3n) is 1.39. The first kappa shape index (κ1) is 10.7. The lowest BCUT2D eigenvalue weighted by molar-refractivity contribution is 0.0393. The number of halogens is 3. The first-order chi connectivity index (χ1) is 6.51. The molecule has 0 saturated heterocycles. The summed E-state index contributed by atoms with van der Waals surface area (Å²) in [4.78, 5) is 0. The molecule has 5 heteroatoms. The van der Waals surface area contributed by atoms with Gasteiger partial charge in [-0.1, -0.05) is 0 Å². The molecule has 0 unspecified atom stereocenters. The maximum Gasteiger partial charge on any atom is 0.355 e. The molecule has 0 atom stereocenters. The van der Waals surface area contributed by atoms with E-state index in [1.54, 1.807) is 0 Å². The van der Waals surface area contributed by atoms with Gasteiger partial charge in [-0.25, -0.2) is 0 Å². The van der Waals surface area contributed by atoms with Gasteiger partial charge in [0.05, 0.1) is 11.6 Å². The lowest BCUT2D eigenvalue weighted by Crippen LogP contribution is -2.17. The number of nitrogens with zero attached hydrogens (tertiary/aromatic N) is 1. The van der Waals surface area contributed by atoms with Crippen molar-refractivity contribution >= 4 is 11.6 Å². The quantitative estimate of drug-likeness (QED) is 0.730. The van der Waals surface area contributed by atoms with Crippen molar-refractivity contribution < 1.29 is 13.5 Å². The second-order valence-electron chi connectivity index (χ2n) is 2.54. The molecule has 0 aliphatic rings. The molecule has 74 valence electrons. The van der Waals surface area contributed by atoms with Crippen molar-refractivity contribution in [3.63, 3.8) is 0 Å². The van der Waals surface area contributed by atoms with Crippen molar-refractivity contribution in [1.29, 1.82) is 5.26 Å². The first-order valence-electron chi connectivity index (χ1n) is 3.71. The molecule has 1 aromatic rings. The van der Waals surface area contributed by atoms with Crippen LogP contribution in [0.1, 0.15) is 5.56 Å². The zero-order valence-corrected chi connectivity index (χ0v) is 7.76. The number of alkyl halides is 3. The summed E-state index contributed by atoms with van der Waals surface area (Å²) in [5.74, 6) is 0.254. The number of hydrogen-bond acceptors (Lipinski definition) is 2. The fourth-order valence-corrected chi connectivity index (χ4v) is 0.845. The van der Waals surface area contributed by atoms with Gasteiger partial charge in [-0.15, -0.1) is 0 Å². The molecule has 0 saturated carbocycles. The van der Waals surface area contributed by atoms with E-state index in [0.717, 1.165) is 0 Å². The SMILES string of the molecule is N#Cc1ccc(OCC(F)(F)Cl)cc1. The molecular weight excluding hydrogens is 212 g/mol. The van der Waals surface area contributed by atoms with E-state index >= 15 is 0 Å². The predicted molar refractivity (Wildman–Crippen MR) is 47.5 cm³/mol. The van der Waals surface area contributed by atoms with E-state index in [9.17, 15) is 8.78 Å². The molecule has 0 N–H and O–H groups in total. The molecule has 0 fully saturated rings. The zero-order chi connectivity index (χ0) is 10.6. The minimum absolute atomic E-state index is 0.254. The Morgan fingerprint density at radius 3 is 2.36 bits per heavy atom. The summed E-state index contributed by atoms with van der Waals surface area (Å²) in [5, 5.41) is 5.09. The van der Waals surface area contributed by atoms with Crippen LogP contribution in [0.5, 0.6) is 5.75 Å². The van der Waals surface area contributed by atoms with Crippen molar-refractivity contribution in [2.24, 2.45) is 0 Å². The van der Waals surface area contributed by atoms with Crippen LogP contribution in [0.15, 0.2) is 24.3 Å². The van der Waals surface area contributed by atoms with E-state index in [0.29, 0.717) is 5.56 Å². The maximum absolute atomic E-state index is 12.1. The van der Waals surface area contributed by atoms with Gasteiger partial charge in [0, 0.05) is 0 Å². The Bertz CT molecular complexity index is 339. The Balaban J connectivity index is 2.58. The first-order valence-corrected chi connectivity index (χ1v) is 4.09. The van der Waals surface area contributed by atoms with Crippen molar-refractivity contribution in [2.75, 3.05) is 6.61 Å². The van der Waals surface area contributed by atoms with Crippen LogP contribution >= 0.6 is 11.6 Å². The molecule has 0 amide bonds. The van der Waals surface area contributed by atoms with Gasteiger partial charge in [-0.2, -0.15) is 14.0 Å². The van der Waals surface area contributed by atoms with Crippen LogP contribution in [0.4, 0.5) is 8.78 Å². The minimum atomic E-state index is -3.37. The van der Waals surface area contributed by atoms with Gasteiger partial charge in [0.25, 0.3) is 0 Å². The Morgan fingerprint density at radius 1 is 1.36 bits per heavy atom. The topological polar surface area (TPSA) is 33.0 Å². The monoisotopic (exact) mass is 217 g/mol. The summed E-state index contributed by atoms with van der Waals surface area (Å²) < 4.78 is 29.0. The lowest BCUT2D eigenvalue weighted by Gasteiger charge is -2.09. The van der Waals surface area contributed by atoms with Gasteiger partial charge in [0.2, 0.25) is 0 Å². The predicted octanol–water partition coefficient (Wildman–Crippen LogP) is 2.77. The fraction of sp³-hybridized carbons (Fsp3) is 0.222. The molecule has 1 rings (SSSR count). The average molecular weight is 218 g/mol. The Labute approximate surface area is 84.7 Å². The molecule has 0 heterocycles. The summed E-state index contributed by atoms with van der Waals surface area (Å²) in [5.41, 5.74) is 0.440. The third kappa shape index (κ3) is 3.58. The molecule has 0 aliphatic carbocycles. The second kappa shape index (κ2) is 4.25. The highest BCUT2D eigenvalue weighted by Gasteiger charge is 2.25. The number of nitriles is 1. The van der Waals surface area contributed by atoms with Gasteiger partial charge in [-0.3, -0.25) is 0 Å². The highest BCUT2D eigenvalue weighted by atomic mass is 35.5. The minimum Gasteiger partial charge on any atom is -0.486 e. The number of rotatable bonds is 3. The van der Waals surface area contributed by atoms with Crippen LogP contribution in [-0.2, 0) is 0 Å². The normalized spacial score (nSPS) is 10.7. The highest BCUT2D eigenvalue weighted by Crippen LogP contribution is 2.21. The molecule has 0 radical (unpaired) electrons. The van der Waals surface area contributed by atoms with E-state index in [-0.39, 0.29) is 5.75 Å². The van der Waals surface area contributed by atoms with Crippen LogP contribution in [0, 0.1) is 11.3 Å². The largest absolute Gasteiger partial charge is 0.486 e. The number of benzene rings is 1. The van der Waals surface area contributed by atoms with Crippen LogP contribution < -0.4 is 4.74 Å². The molecule has 0 bridgehead atoms. The second-order valence-corrected chi connectivity index (χ2v) is 3.09. The molecular formula is C9H6ClF2NO. The van der Waals surface area contributed by atoms with Gasteiger partial charge in [0.15, 0.2) is 6.61 Å². The van der Waals surface area contributed by atoms with Crippen LogP contribution in [0.25, 0.3) is 0 Å². The van der Waals surface area contributed by atoms with Crippen molar-refractivity contribution in [3.05, 3.63) is 29.8 Å². The van der Waals surface area contributed by atoms with E-state index < -0.39 is 12.0 Å². The molecule has 1 aromatic carbocycles. The van der Waals surface area contributed by atoms with E-state index in [1.165, 1.54) is 24.3 Å². The van der Waals surface area contributed by atoms with Crippen molar-refractivity contribution in [3.8, 4) is 11.8 Å². The van der Waals surface area contributed by atoms with Crippen molar-refractivity contribution in [2.45, 2.75) is 5.38 Å². The third-order valence-corrected chi connectivity index (χ3v) is 1.50. The Hall–Kier alpha value is -1.34. The van der Waals surface area contributed by atoms with Crippen LogP contribution in [0.2, 0.25) is 0 Å². The summed E-state index contributed by atoms with van der Waals surface area (Å²) in [6.07, 6.45) is 0. The molecule has 2 nitrogen and oxygen atoms in total. The zero-order valence-electron chi connectivity index (χ0n) is 7.01. The fourth-order valence-electron chi connectivity index (χ4n) is 0.791. The summed E-state index contributed by atoms with van der Waals surface area (Å²) in [6.45, 7) is -0.888. The molecule has 0 aliphatic heterocycles. The van der Waals surface area contributed by atoms with E-state index in [1.807, 2.05) is 6.07 Å². The number of ether oxygens (including phenoxy) is 1. The maximum atomic E-state index is 12.1. The number of hydrogen-bond donors (Lipinski definition) is 0. The highest BCUT2D eigenvalue weighted by molar-refractivity contribution is 6.21. The standard InChI is InChI=1S/C9H6ClF2NO/c10-9(11,12)6-14-8-3-1-7(5-13)2-4-8/h1-4H,6H2. The van der Waals surface area contributed by atoms with Gasteiger partial charge < -0.3 is 4.74 Å².